The van der Waals surface area contributed by atoms with Gasteiger partial charge in [-0.15, -0.1) is 0 Å². The highest BCUT2D eigenvalue weighted by atomic mass is 32.2. The van der Waals surface area contributed by atoms with Crippen molar-refractivity contribution in [2.24, 2.45) is 75.3 Å². The maximum Gasteiger partial charge on any atom is 0.326 e. The second kappa shape index (κ2) is 64.2. The number of likely N-dealkylation sites (tertiary alicyclic amines) is 3. The van der Waals surface area contributed by atoms with Crippen LogP contribution in [0.1, 0.15) is 253 Å². The zero-order valence-corrected chi connectivity index (χ0v) is 91.2. The van der Waals surface area contributed by atoms with Gasteiger partial charge in [-0.1, -0.05) is 148 Å². The number of aliphatic hydroxyl groups excluding tert-OH is 1. The molecule has 20 amide bonds. The predicted octanol–water partition coefficient (Wildman–Crippen LogP) is -1.89. The molecule has 3 aliphatic rings. The van der Waals surface area contributed by atoms with Crippen LogP contribution in [0.5, 0.6) is 0 Å². The molecule has 48 heteroatoms. The van der Waals surface area contributed by atoms with Gasteiger partial charge >= 0.3 is 5.97 Å². The zero-order valence-electron chi connectivity index (χ0n) is 90.3. The van der Waals surface area contributed by atoms with Gasteiger partial charge in [0.1, 0.15) is 109 Å². The first kappa shape index (κ1) is 129. The summed E-state index contributed by atoms with van der Waals surface area (Å²) in [5.41, 5.74) is 23.0. The first-order chi connectivity index (χ1) is 69.9. The average Bonchev–Trinajstić information content (AvgIpc) is 1.48. The summed E-state index contributed by atoms with van der Waals surface area (Å²) in [5.74, 6) is -19.2. The molecular weight excluding hydrogens is 1950 g/mol. The molecule has 0 spiro atoms. The van der Waals surface area contributed by atoms with E-state index in [1.165, 1.54) is 47.2 Å². The number of benzene rings is 1. The van der Waals surface area contributed by atoms with E-state index < -0.39 is 264 Å². The Balaban J connectivity index is 1.43. The van der Waals surface area contributed by atoms with Crippen LogP contribution in [0.2, 0.25) is 0 Å². The van der Waals surface area contributed by atoms with E-state index in [1.54, 1.807) is 99.6 Å². The zero-order chi connectivity index (χ0) is 112. The summed E-state index contributed by atoms with van der Waals surface area (Å²) in [6, 6.07) is -16.0. The van der Waals surface area contributed by atoms with Gasteiger partial charge in [0.25, 0.3) is 0 Å². The van der Waals surface area contributed by atoms with Gasteiger partial charge in [-0.3, -0.25) is 101 Å². The number of primary amides is 1. The van der Waals surface area contributed by atoms with Crippen LogP contribution in [0.4, 0.5) is 0 Å². The predicted molar refractivity (Wildman–Crippen MR) is 558 cm³/mol. The van der Waals surface area contributed by atoms with Crippen molar-refractivity contribution in [3.8, 4) is 0 Å². The molecular formula is C101H170N24O23S. The number of amides is 20. The number of aliphatic hydroxyl groups is 1. The lowest BCUT2D eigenvalue weighted by atomic mass is 9.96. The van der Waals surface area contributed by atoms with Crippen molar-refractivity contribution in [2.75, 3.05) is 51.3 Å². The van der Waals surface area contributed by atoms with Gasteiger partial charge in [0.05, 0.1) is 19.2 Å². The van der Waals surface area contributed by atoms with Gasteiger partial charge in [-0.2, -0.15) is 11.8 Å². The Morgan fingerprint density at radius 2 is 0.765 bits per heavy atom. The van der Waals surface area contributed by atoms with Gasteiger partial charge in [0.2, 0.25) is 118 Å². The molecule has 0 aliphatic carbocycles. The number of hydrogen-bond acceptors (Lipinski definition) is 25. The third kappa shape index (κ3) is 44.0. The van der Waals surface area contributed by atoms with Crippen LogP contribution in [0.3, 0.4) is 0 Å². The first-order valence-electron chi connectivity index (χ1n) is 52.1. The second-order valence-electron chi connectivity index (χ2n) is 42.1. The number of nitrogens with one attached hydrogen (secondary N) is 16. The highest BCUT2D eigenvalue weighted by molar-refractivity contribution is 7.98. The largest absolute Gasteiger partial charge is 0.480 e. The lowest BCUT2D eigenvalue weighted by molar-refractivity contribution is -0.149. The van der Waals surface area contributed by atoms with Crippen molar-refractivity contribution in [3.63, 3.8) is 0 Å². The molecule has 4 rings (SSSR count). The number of carboxylic acids is 1. The van der Waals surface area contributed by atoms with E-state index in [-0.39, 0.29) is 158 Å². The van der Waals surface area contributed by atoms with Crippen molar-refractivity contribution in [1.82, 2.24) is 99.8 Å². The molecule has 0 saturated carbocycles. The Labute approximate surface area is 879 Å². The second-order valence-corrected chi connectivity index (χ2v) is 43.1. The van der Waals surface area contributed by atoms with Crippen LogP contribution < -0.4 is 108 Å². The van der Waals surface area contributed by atoms with Crippen molar-refractivity contribution >= 4 is 142 Å². The van der Waals surface area contributed by atoms with Crippen LogP contribution in [0.15, 0.2) is 35.3 Å². The number of carboxylic acid groups (broad SMARTS) is 1. The highest BCUT2D eigenvalue weighted by Gasteiger charge is 2.46. The van der Waals surface area contributed by atoms with Gasteiger partial charge in [-0.25, -0.2) is 4.79 Å². The molecule has 838 valence electrons. The summed E-state index contributed by atoms with van der Waals surface area (Å²) in [4.78, 5) is 302. The number of thioether (sulfide) groups is 1. The summed E-state index contributed by atoms with van der Waals surface area (Å²) < 4.78 is 0. The fourth-order valence-corrected chi connectivity index (χ4v) is 18.1. The highest BCUT2D eigenvalue weighted by Crippen LogP contribution is 2.26. The van der Waals surface area contributed by atoms with Gasteiger partial charge in [-0.05, 0) is 188 Å². The maximum atomic E-state index is 14.8. The molecule has 0 bridgehead atoms. The van der Waals surface area contributed by atoms with Gasteiger partial charge < -0.3 is 133 Å². The van der Waals surface area contributed by atoms with Crippen molar-refractivity contribution in [1.29, 1.82) is 0 Å². The van der Waals surface area contributed by atoms with E-state index in [0.717, 1.165) is 0 Å². The first-order valence-corrected chi connectivity index (χ1v) is 53.5. The standard InChI is InChI=1S/C101H170N24O23S/c1-21-59(16)81(96(143)119-73(48-57(12)13)99(146)125-41-28-34-77(125)100(147)148)122-92(139)74(51-126)120-91(138)71(49-63-29-23-22-24-30-63)115-88(135)68(44-53(4)5)113-87(134)67(43-52(2)3)114-89(136)70(46-55(8)9)117-95(142)80(58(14)15)121-79(128)50-107-93(140)75-32-26-40-124(75)98(145)72(47-56(10)11)118-90(137)69(45-54(6)7)116-94(141)76-33-27-39-123(76)97(144)62(19)110-83(130)60(17)108-82(129)61(18)109-85(132)66(35-36-78(103)127)112-86(133)65(31-25-38-106-101(104)105)111-84(131)64(102)37-42-149-20/h22-24,29-30,52-62,64-77,80-81,126H,21,25-28,31-51,102H2,1-20H3,(H2,103,127)(H,107,140)(H,108,129)(H,109,132)(H,110,130)(H,111,131)(H,112,133)(H,113,134)(H,114,136)(H,115,135)(H,116,141)(H,117,142)(H,118,137)(H,119,143)(H,120,138)(H,121,128)(H,122,139)(H,147,148)(H4,104,105,106)/t59-,60-,61-,62-,64-,65-,66-,67-,68-,69-,70-,71-,72-,73-,74-,75-,76-,77-,80-,81-/m0/s1. The monoisotopic (exact) mass is 2120 g/mol. The summed E-state index contributed by atoms with van der Waals surface area (Å²) >= 11 is 1.46. The minimum atomic E-state index is -1.71. The molecule has 3 saturated heterocycles. The minimum Gasteiger partial charge on any atom is -0.480 e. The number of aliphatic carboxylic acids is 1. The number of hydrogen-bond donors (Lipinski definition) is 22. The molecule has 1 aromatic rings. The fraction of sp³-hybridized carbons (Fsp3) is 0.723. The summed E-state index contributed by atoms with van der Waals surface area (Å²) in [6.45, 7) is 31.1. The molecule has 47 nitrogen and oxygen atoms in total. The van der Waals surface area contributed by atoms with E-state index in [2.05, 4.69) is 90.1 Å². The molecule has 3 fully saturated rings. The molecule has 0 aromatic heterocycles. The fourth-order valence-electron chi connectivity index (χ4n) is 17.6. The molecule has 0 unspecified atom stereocenters. The Morgan fingerprint density at radius 1 is 0.396 bits per heavy atom. The number of nitrogens with zero attached hydrogens (tertiary/aromatic N) is 4. The van der Waals surface area contributed by atoms with E-state index in [0.29, 0.717) is 43.4 Å². The summed E-state index contributed by atoms with van der Waals surface area (Å²) in [7, 11) is 0. The Bertz CT molecular complexity index is 4720. The minimum absolute atomic E-state index is 0.00157. The van der Waals surface area contributed by atoms with Crippen molar-refractivity contribution in [2.45, 2.75) is 368 Å². The number of guanidine groups is 1. The van der Waals surface area contributed by atoms with E-state index in [9.17, 15) is 111 Å². The number of carbonyl (C=O) groups excluding carboxylic acids is 20. The molecule has 149 heavy (non-hydrogen) atoms. The Hall–Kier alpha value is -12.4. The third-order valence-corrected chi connectivity index (χ3v) is 26.5. The SMILES string of the molecule is CC[C@H](C)[C@H](NC(=O)[C@H](CO)NC(=O)[C@H](Cc1ccccc1)NC(=O)[C@H](CC(C)C)NC(=O)[C@H](CC(C)C)NC(=O)[C@H](CC(C)C)NC(=O)[C@@H](NC(=O)CNC(=O)[C@@H]1CCCN1C(=O)[C@H](CC(C)C)NC(=O)[C@H](CC(C)C)NC(=O)[C@@H]1CCCN1C(=O)[C@H](C)NC(=O)[C@H](C)NC(=O)[C@H](C)NC(=O)[C@H](CCC(N)=O)NC(=O)[C@H](CCCN=C(N)N)NC(=O)[C@@H](N)CCSC)C(C)C)C(=O)N[C@@H](CC(C)C)C(=O)N1CCC[C@H]1C(=O)O. The summed E-state index contributed by atoms with van der Waals surface area (Å²) in [5, 5.41) is 63.1. The van der Waals surface area contributed by atoms with E-state index in [1.807, 2.05) is 47.8 Å². The molecule has 3 aliphatic heterocycles. The van der Waals surface area contributed by atoms with Gasteiger partial charge in [0.15, 0.2) is 5.96 Å². The number of rotatable bonds is 64. The number of carbonyl (C=O) groups is 21. The topological polar surface area (TPSA) is 718 Å². The molecule has 3 heterocycles. The third-order valence-electron chi connectivity index (χ3n) is 25.8. The average molecular weight is 2120 g/mol. The van der Waals surface area contributed by atoms with Crippen LogP contribution in [0, 0.1) is 47.3 Å². The summed E-state index contributed by atoms with van der Waals surface area (Å²) in [6.07, 6.45) is 3.82. The Morgan fingerprint density at radius 3 is 1.22 bits per heavy atom. The molecule has 1 aromatic carbocycles. The van der Waals surface area contributed by atoms with Crippen LogP contribution in [-0.4, -0.2) is 321 Å². The number of aliphatic imine (C=N–C) groups is 1. The van der Waals surface area contributed by atoms with Crippen LogP contribution >= 0.6 is 11.8 Å². The van der Waals surface area contributed by atoms with Crippen LogP contribution in [0.25, 0.3) is 0 Å². The van der Waals surface area contributed by atoms with E-state index >= 15 is 0 Å². The maximum absolute atomic E-state index is 14.8. The molecule has 20 atom stereocenters. The number of nitrogens with two attached hydrogens (primary N) is 4. The molecule has 26 N–H and O–H groups in total. The lowest BCUT2D eigenvalue weighted by Gasteiger charge is -2.32. The molecule has 0 radical (unpaired) electrons. The lowest BCUT2D eigenvalue weighted by Crippen LogP contribution is -2.62. The van der Waals surface area contributed by atoms with E-state index in [4.69, 9.17) is 22.9 Å². The van der Waals surface area contributed by atoms with Gasteiger partial charge in [0, 0.05) is 39.0 Å². The van der Waals surface area contributed by atoms with Crippen molar-refractivity contribution in [3.05, 3.63) is 35.9 Å². The van der Waals surface area contributed by atoms with Crippen molar-refractivity contribution < 1.29 is 111 Å². The Kier molecular flexibility index (Phi) is 55.6. The quantitative estimate of drug-likeness (QED) is 0.0192. The smallest absolute Gasteiger partial charge is 0.326 e. The van der Waals surface area contributed by atoms with Crippen LogP contribution in [-0.2, 0) is 107 Å². The normalized spacial score (nSPS) is 18.0.